The first-order valence-corrected chi connectivity index (χ1v) is 6.28. The summed E-state index contributed by atoms with van der Waals surface area (Å²) < 4.78 is 5.07. The average molecular weight is 254 g/mol. The number of amides is 2. The molecule has 0 heterocycles. The Balaban J connectivity index is 2.08. The predicted molar refractivity (Wildman–Crippen MR) is 69.1 cm³/mol. The Morgan fingerprint density at radius 1 is 1.17 bits per heavy atom. The van der Waals surface area contributed by atoms with Crippen molar-refractivity contribution in [3.63, 3.8) is 0 Å². The topological polar surface area (TPSA) is 67.4 Å². The minimum absolute atomic E-state index is 0.0472. The van der Waals surface area contributed by atoms with Crippen molar-refractivity contribution in [2.45, 2.75) is 39.2 Å². The molecule has 0 unspecified atom stereocenters. The molecule has 0 saturated heterocycles. The first-order valence-electron chi connectivity index (χ1n) is 6.28. The van der Waals surface area contributed by atoms with Crippen LogP contribution < -0.4 is 10.6 Å². The third kappa shape index (κ3) is 5.70. The highest BCUT2D eigenvalue weighted by atomic mass is 16.6. The number of allylic oxidation sites excluding steroid dienone is 2. The molecular weight excluding hydrogens is 232 g/mol. The maximum atomic E-state index is 11.6. The summed E-state index contributed by atoms with van der Waals surface area (Å²) in [5.74, 6) is 0.109. The minimum atomic E-state index is -0.497. The van der Waals surface area contributed by atoms with Crippen LogP contribution in [0.25, 0.3) is 0 Å². The zero-order valence-corrected chi connectivity index (χ0v) is 11.3. The maximum Gasteiger partial charge on any atom is 0.407 e. The lowest BCUT2D eigenvalue weighted by atomic mass is 10.1. The highest BCUT2D eigenvalue weighted by Crippen LogP contribution is 2.17. The monoisotopic (exact) mass is 254 g/mol. The molecule has 5 nitrogen and oxygen atoms in total. The van der Waals surface area contributed by atoms with E-state index in [1.165, 1.54) is 0 Å². The molecule has 0 radical (unpaired) electrons. The molecule has 0 aromatic rings. The van der Waals surface area contributed by atoms with E-state index in [0.29, 0.717) is 13.1 Å². The molecule has 0 bridgehead atoms. The van der Waals surface area contributed by atoms with Gasteiger partial charge in [-0.2, -0.15) is 0 Å². The lowest BCUT2D eigenvalue weighted by Crippen LogP contribution is -2.39. The number of carbonyl (C=O) groups is 2. The van der Waals surface area contributed by atoms with E-state index in [4.69, 9.17) is 4.74 Å². The summed E-state index contributed by atoms with van der Waals surface area (Å²) in [5, 5.41) is 5.39. The van der Waals surface area contributed by atoms with E-state index >= 15 is 0 Å². The third-order valence-electron chi connectivity index (χ3n) is 2.47. The van der Waals surface area contributed by atoms with Crippen molar-refractivity contribution in [3.8, 4) is 0 Å². The molecule has 18 heavy (non-hydrogen) atoms. The Bertz CT molecular complexity index is 324. The summed E-state index contributed by atoms with van der Waals surface area (Å²) in [6, 6.07) is 0. The Morgan fingerprint density at radius 2 is 1.72 bits per heavy atom. The Labute approximate surface area is 108 Å². The SMILES string of the molecule is CC(C)(C)OC(=O)NCCNC(=O)C1CC=CC1. The van der Waals surface area contributed by atoms with Gasteiger partial charge in [0.2, 0.25) is 5.91 Å². The van der Waals surface area contributed by atoms with Crippen molar-refractivity contribution in [1.82, 2.24) is 10.6 Å². The van der Waals surface area contributed by atoms with E-state index in [9.17, 15) is 9.59 Å². The van der Waals surface area contributed by atoms with Crippen LogP contribution in [0, 0.1) is 5.92 Å². The minimum Gasteiger partial charge on any atom is -0.444 e. The molecular formula is C13H22N2O3. The molecule has 0 aromatic heterocycles. The lowest BCUT2D eigenvalue weighted by molar-refractivity contribution is -0.124. The van der Waals surface area contributed by atoms with Crippen molar-refractivity contribution < 1.29 is 14.3 Å². The Kier molecular flexibility index (Phi) is 5.19. The van der Waals surface area contributed by atoms with Gasteiger partial charge in [-0.25, -0.2) is 4.79 Å². The smallest absolute Gasteiger partial charge is 0.407 e. The van der Waals surface area contributed by atoms with E-state index in [1.807, 2.05) is 12.2 Å². The van der Waals surface area contributed by atoms with Crippen LogP contribution in [0.2, 0.25) is 0 Å². The number of hydrogen-bond acceptors (Lipinski definition) is 3. The normalized spacial score (nSPS) is 15.5. The second-order valence-electron chi connectivity index (χ2n) is 5.36. The van der Waals surface area contributed by atoms with Gasteiger partial charge in [-0.05, 0) is 33.6 Å². The first kappa shape index (κ1) is 14.5. The summed E-state index contributed by atoms with van der Waals surface area (Å²) in [5.41, 5.74) is -0.497. The van der Waals surface area contributed by atoms with Gasteiger partial charge in [0.15, 0.2) is 0 Å². The van der Waals surface area contributed by atoms with Gasteiger partial charge in [-0.15, -0.1) is 0 Å². The van der Waals surface area contributed by atoms with Crippen LogP contribution in [0.3, 0.4) is 0 Å². The van der Waals surface area contributed by atoms with E-state index in [1.54, 1.807) is 20.8 Å². The van der Waals surface area contributed by atoms with E-state index in [0.717, 1.165) is 12.8 Å². The second kappa shape index (κ2) is 6.42. The van der Waals surface area contributed by atoms with Gasteiger partial charge in [0.05, 0.1) is 0 Å². The maximum absolute atomic E-state index is 11.6. The van der Waals surface area contributed by atoms with Crippen molar-refractivity contribution in [3.05, 3.63) is 12.2 Å². The van der Waals surface area contributed by atoms with Crippen LogP contribution >= 0.6 is 0 Å². The van der Waals surface area contributed by atoms with Crippen LogP contribution in [-0.4, -0.2) is 30.7 Å². The molecule has 1 rings (SSSR count). The molecule has 0 aromatic carbocycles. The van der Waals surface area contributed by atoms with Crippen molar-refractivity contribution in [1.29, 1.82) is 0 Å². The Morgan fingerprint density at radius 3 is 2.28 bits per heavy atom. The first-order chi connectivity index (χ1) is 8.38. The summed E-state index contributed by atoms with van der Waals surface area (Å²) in [4.78, 5) is 22.9. The highest BCUT2D eigenvalue weighted by Gasteiger charge is 2.19. The summed E-state index contributed by atoms with van der Waals surface area (Å²) in [6.07, 6.45) is 5.20. The zero-order valence-electron chi connectivity index (χ0n) is 11.3. The predicted octanol–water partition coefficient (Wildman–Crippen LogP) is 1.59. The number of hydrogen-bond donors (Lipinski definition) is 2. The van der Waals surface area contributed by atoms with Crippen LogP contribution in [0.4, 0.5) is 4.79 Å². The van der Waals surface area contributed by atoms with Crippen molar-refractivity contribution >= 4 is 12.0 Å². The van der Waals surface area contributed by atoms with Crippen molar-refractivity contribution in [2.75, 3.05) is 13.1 Å². The van der Waals surface area contributed by atoms with E-state index in [2.05, 4.69) is 10.6 Å². The molecule has 102 valence electrons. The van der Waals surface area contributed by atoms with Crippen LogP contribution in [0.15, 0.2) is 12.2 Å². The fourth-order valence-corrected chi connectivity index (χ4v) is 1.64. The summed E-state index contributed by atoms with van der Waals surface area (Å²) in [7, 11) is 0. The average Bonchev–Trinajstić information content (AvgIpc) is 2.74. The zero-order chi connectivity index (χ0) is 13.6. The molecule has 1 aliphatic rings. The quantitative estimate of drug-likeness (QED) is 0.591. The van der Waals surface area contributed by atoms with Crippen molar-refractivity contribution in [2.24, 2.45) is 5.92 Å². The van der Waals surface area contributed by atoms with E-state index < -0.39 is 11.7 Å². The molecule has 5 heteroatoms. The number of carbonyl (C=O) groups excluding carboxylic acids is 2. The fourth-order valence-electron chi connectivity index (χ4n) is 1.64. The van der Waals surface area contributed by atoms with Gasteiger partial charge < -0.3 is 15.4 Å². The molecule has 2 amide bonds. The molecule has 2 N–H and O–H groups in total. The summed E-state index contributed by atoms with van der Waals surface area (Å²) >= 11 is 0. The number of rotatable bonds is 4. The van der Waals surface area contributed by atoms with Gasteiger partial charge in [0.1, 0.15) is 5.60 Å². The standard InChI is InChI=1S/C13H22N2O3/c1-13(2,3)18-12(17)15-9-8-14-11(16)10-6-4-5-7-10/h4-5,10H,6-9H2,1-3H3,(H,14,16)(H,15,17). The van der Waals surface area contributed by atoms with Gasteiger partial charge in [0, 0.05) is 19.0 Å². The number of nitrogens with one attached hydrogen (secondary N) is 2. The highest BCUT2D eigenvalue weighted by molar-refractivity contribution is 5.79. The molecule has 0 saturated carbocycles. The lowest BCUT2D eigenvalue weighted by Gasteiger charge is -2.19. The van der Waals surface area contributed by atoms with Gasteiger partial charge in [-0.3, -0.25) is 4.79 Å². The molecule has 1 aliphatic carbocycles. The van der Waals surface area contributed by atoms with Gasteiger partial charge in [0.25, 0.3) is 0 Å². The third-order valence-corrected chi connectivity index (χ3v) is 2.47. The summed E-state index contributed by atoms with van der Waals surface area (Å²) in [6.45, 7) is 6.22. The molecule has 0 fully saturated rings. The van der Waals surface area contributed by atoms with Crippen LogP contribution in [-0.2, 0) is 9.53 Å². The molecule has 0 spiro atoms. The Hall–Kier alpha value is -1.52. The fraction of sp³-hybridized carbons (Fsp3) is 0.692. The largest absolute Gasteiger partial charge is 0.444 e. The second-order valence-corrected chi connectivity index (χ2v) is 5.36. The number of alkyl carbamates (subject to hydrolysis) is 1. The molecule has 0 atom stereocenters. The van der Waals surface area contributed by atoms with Gasteiger partial charge >= 0.3 is 6.09 Å². The van der Waals surface area contributed by atoms with E-state index in [-0.39, 0.29) is 11.8 Å². The number of ether oxygens (including phenoxy) is 1. The molecule has 0 aliphatic heterocycles. The van der Waals surface area contributed by atoms with Crippen LogP contribution in [0.5, 0.6) is 0 Å². The van der Waals surface area contributed by atoms with Gasteiger partial charge in [-0.1, -0.05) is 12.2 Å². The van der Waals surface area contributed by atoms with Crippen LogP contribution in [0.1, 0.15) is 33.6 Å².